The number of halogens is 3. The highest BCUT2D eigenvalue weighted by Gasteiger charge is 2.31. The molecule has 0 radical (unpaired) electrons. The molecule has 0 unspecified atom stereocenters. The fourth-order valence-corrected chi connectivity index (χ4v) is 2.15. The second kappa shape index (κ2) is 8.52. The molecule has 2 rings (SSSR count). The number of benzene rings is 1. The maximum Gasteiger partial charge on any atom is 0.417 e. The monoisotopic (exact) mass is 382 g/mol. The molecule has 0 fully saturated rings. The van der Waals surface area contributed by atoms with Crippen LogP contribution < -0.4 is 10.9 Å². The van der Waals surface area contributed by atoms with Gasteiger partial charge in [0.15, 0.2) is 0 Å². The number of hydrogen-bond acceptors (Lipinski definition) is 4. The zero-order chi connectivity index (χ0) is 20.0. The van der Waals surface area contributed by atoms with Crippen LogP contribution in [0.15, 0.2) is 47.4 Å². The van der Waals surface area contributed by atoms with Crippen LogP contribution in [0.2, 0.25) is 0 Å². The number of anilines is 1. The van der Waals surface area contributed by atoms with E-state index >= 15 is 0 Å². The topological polar surface area (TPSA) is 77.4 Å². The Bertz CT molecular complexity index is 873. The first-order chi connectivity index (χ1) is 12.7. The van der Waals surface area contributed by atoms with Gasteiger partial charge in [-0.3, -0.25) is 9.59 Å². The van der Waals surface area contributed by atoms with Gasteiger partial charge in [0.25, 0.3) is 5.56 Å². The molecule has 0 atom stereocenters. The number of rotatable bonds is 6. The number of alkyl halides is 3. The van der Waals surface area contributed by atoms with Crippen LogP contribution in [0.3, 0.4) is 0 Å². The van der Waals surface area contributed by atoms with Gasteiger partial charge in [-0.2, -0.15) is 13.2 Å². The molecule has 0 aliphatic carbocycles. The summed E-state index contributed by atoms with van der Waals surface area (Å²) in [6, 6.07) is 7.22. The van der Waals surface area contributed by atoms with E-state index in [0.717, 1.165) is 6.07 Å². The second-order valence-electron chi connectivity index (χ2n) is 5.64. The van der Waals surface area contributed by atoms with Gasteiger partial charge in [0.05, 0.1) is 17.7 Å². The van der Waals surface area contributed by atoms with Crippen LogP contribution in [0.25, 0.3) is 0 Å². The first-order valence-corrected chi connectivity index (χ1v) is 8.05. The van der Waals surface area contributed by atoms with E-state index in [9.17, 15) is 27.6 Å². The molecule has 1 aromatic carbocycles. The van der Waals surface area contributed by atoms with E-state index in [2.05, 4.69) is 5.32 Å². The van der Waals surface area contributed by atoms with Crippen molar-refractivity contribution in [3.05, 3.63) is 64.1 Å². The zero-order valence-electron chi connectivity index (χ0n) is 14.4. The van der Waals surface area contributed by atoms with Crippen LogP contribution in [0, 0.1) is 0 Å². The summed E-state index contributed by atoms with van der Waals surface area (Å²) in [5.41, 5.74) is -1.13. The quantitative estimate of drug-likeness (QED) is 0.779. The number of nitrogens with zero attached hydrogens (tertiary/aromatic N) is 1. The number of aromatic nitrogens is 1. The molecule has 0 saturated carbocycles. The standard InChI is InChI=1S/C18H17F3N2O4/c1-2-9-27-17(26)12-3-6-14(7-4-12)22-15(24)11-23-10-13(18(19,20)21)5-8-16(23)25/h3-8,10H,2,9,11H2,1H3,(H,22,24). The van der Waals surface area contributed by atoms with Gasteiger partial charge < -0.3 is 14.6 Å². The molecule has 6 nitrogen and oxygen atoms in total. The Morgan fingerprint density at radius 3 is 2.37 bits per heavy atom. The predicted octanol–water partition coefficient (Wildman–Crippen LogP) is 3.07. The Labute approximate surface area is 152 Å². The summed E-state index contributed by atoms with van der Waals surface area (Å²) in [6.45, 7) is 1.58. The molecule has 1 amide bonds. The van der Waals surface area contributed by atoms with Gasteiger partial charge in [0.2, 0.25) is 5.91 Å². The molecular weight excluding hydrogens is 365 g/mol. The van der Waals surface area contributed by atoms with Crippen molar-refractivity contribution in [3.8, 4) is 0 Å². The zero-order valence-corrected chi connectivity index (χ0v) is 14.4. The molecule has 9 heteroatoms. The van der Waals surface area contributed by atoms with Crippen LogP contribution in [0.5, 0.6) is 0 Å². The van der Waals surface area contributed by atoms with Crippen LogP contribution >= 0.6 is 0 Å². The fraction of sp³-hybridized carbons (Fsp3) is 0.278. The van der Waals surface area contributed by atoms with Crippen LogP contribution in [-0.4, -0.2) is 23.1 Å². The number of ether oxygens (including phenoxy) is 1. The van der Waals surface area contributed by atoms with Crippen molar-refractivity contribution < 1.29 is 27.5 Å². The fourth-order valence-electron chi connectivity index (χ4n) is 2.15. The molecule has 0 saturated heterocycles. The minimum absolute atomic E-state index is 0.295. The summed E-state index contributed by atoms with van der Waals surface area (Å²) in [6.07, 6.45) is -3.34. The molecule has 1 N–H and O–H groups in total. The number of nitrogens with one attached hydrogen (secondary N) is 1. The number of esters is 1. The molecule has 0 aliphatic heterocycles. The van der Waals surface area contributed by atoms with Gasteiger partial charge in [-0.25, -0.2) is 4.79 Å². The molecule has 1 aromatic heterocycles. The smallest absolute Gasteiger partial charge is 0.417 e. The SMILES string of the molecule is CCCOC(=O)c1ccc(NC(=O)Cn2cc(C(F)(F)F)ccc2=O)cc1. The minimum Gasteiger partial charge on any atom is -0.462 e. The summed E-state index contributed by atoms with van der Waals surface area (Å²) in [7, 11) is 0. The molecule has 27 heavy (non-hydrogen) atoms. The lowest BCUT2D eigenvalue weighted by Gasteiger charge is -2.11. The number of pyridine rings is 1. The highest BCUT2D eigenvalue weighted by atomic mass is 19.4. The Morgan fingerprint density at radius 2 is 1.78 bits per heavy atom. The van der Waals surface area contributed by atoms with Crippen molar-refractivity contribution in [1.82, 2.24) is 4.57 Å². The van der Waals surface area contributed by atoms with Gasteiger partial charge >= 0.3 is 12.1 Å². The van der Waals surface area contributed by atoms with Crippen molar-refractivity contribution in [2.24, 2.45) is 0 Å². The Balaban J connectivity index is 2.04. The summed E-state index contributed by atoms with van der Waals surface area (Å²) in [5.74, 6) is -1.18. The van der Waals surface area contributed by atoms with Gasteiger partial charge in [-0.15, -0.1) is 0 Å². The third-order valence-electron chi connectivity index (χ3n) is 3.47. The van der Waals surface area contributed by atoms with Crippen LogP contribution in [0.1, 0.15) is 29.3 Å². The third-order valence-corrected chi connectivity index (χ3v) is 3.47. The summed E-state index contributed by atoms with van der Waals surface area (Å²) in [5, 5.41) is 2.45. The van der Waals surface area contributed by atoms with Gasteiger partial charge in [0.1, 0.15) is 6.54 Å². The number of carbonyl (C=O) groups is 2. The molecule has 0 spiro atoms. The van der Waals surface area contributed by atoms with E-state index < -0.39 is 35.7 Å². The van der Waals surface area contributed by atoms with Gasteiger partial charge in [0, 0.05) is 18.0 Å². The van der Waals surface area contributed by atoms with E-state index in [1.807, 2.05) is 6.92 Å². The predicted molar refractivity (Wildman–Crippen MR) is 91.3 cm³/mol. The van der Waals surface area contributed by atoms with E-state index in [0.29, 0.717) is 41.1 Å². The first kappa shape index (κ1) is 20.2. The van der Waals surface area contributed by atoms with Crippen molar-refractivity contribution >= 4 is 17.6 Å². The van der Waals surface area contributed by atoms with E-state index in [1.165, 1.54) is 24.3 Å². The van der Waals surface area contributed by atoms with E-state index in [-0.39, 0.29) is 0 Å². The van der Waals surface area contributed by atoms with Gasteiger partial charge in [-0.1, -0.05) is 6.92 Å². The van der Waals surface area contributed by atoms with Crippen molar-refractivity contribution in [2.45, 2.75) is 26.1 Å². The van der Waals surface area contributed by atoms with E-state index in [1.54, 1.807) is 0 Å². The lowest BCUT2D eigenvalue weighted by atomic mass is 10.2. The molecule has 0 bridgehead atoms. The Kier molecular flexibility index (Phi) is 6.38. The number of carbonyl (C=O) groups excluding carboxylic acids is 2. The maximum atomic E-state index is 12.7. The Morgan fingerprint density at radius 1 is 1.11 bits per heavy atom. The highest BCUT2D eigenvalue weighted by molar-refractivity contribution is 5.93. The minimum atomic E-state index is -4.62. The lowest BCUT2D eigenvalue weighted by Crippen LogP contribution is -2.28. The second-order valence-corrected chi connectivity index (χ2v) is 5.64. The number of hydrogen-bond donors (Lipinski definition) is 1. The first-order valence-electron chi connectivity index (χ1n) is 8.05. The van der Waals surface area contributed by atoms with Gasteiger partial charge in [-0.05, 0) is 36.8 Å². The Hall–Kier alpha value is -3.10. The molecule has 1 heterocycles. The lowest BCUT2D eigenvalue weighted by molar-refractivity contribution is -0.138. The average molecular weight is 382 g/mol. The molecule has 2 aromatic rings. The molecule has 144 valence electrons. The summed E-state index contributed by atoms with van der Waals surface area (Å²) in [4.78, 5) is 35.4. The largest absolute Gasteiger partial charge is 0.462 e. The summed E-state index contributed by atoms with van der Waals surface area (Å²) < 4.78 is 43.8. The number of amides is 1. The van der Waals surface area contributed by atoms with Crippen LogP contribution in [0.4, 0.5) is 18.9 Å². The summed E-state index contributed by atoms with van der Waals surface area (Å²) >= 11 is 0. The maximum absolute atomic E-state index is 12.7. The third kappa shape index (κ3) is 5.70. The molecular formula is C18H17F3N2O4. The average Bonchev–Trinajstić information content (AvgIpc) is 2.61. The van der Waals surface area contributed by atoms with Crippen LogP contribution in [-0.2, 0) is 22.3 Å². The molecule has 0 aliphatic rings. The van der Waals surface area contributed by atoms with E-state index in [4.69, 9.17) is 4.74 Å². The normalized spacial score (nSPS) is 11.1. The van der Waals surface area contributed by atoms with Crippen molar-refractivity contribution in [3.63, 3.8) is 0 Å². The van der Waals surface area contributed by atoms with Crippen molar-refractivity contribution in [2.75, 3.05) is 11.9 Å². The van der Waals surface area contributed by atoms with Crippen molar-refractivity contribution in [1.29, 1.82) is 0 Å². The highest BCUT2D eigenvalue weighted by Crippen LogP contribution is 2.28.